The van der Waals surface area contributed by atoms with E-state index in [1.807, 2.05) is 30.3 Å². The molecule has 0 spiro atoms. The summed E-state index contributed by atoms with van der Waals surface area (Å²) in [6.45, 7) is 2.03. The van der Waals surface area contributed by atoms with Crippen molar-refractivity contribution >= 4 is 18.0 Å². The minimum Gasteiger partial charge on any atom is -0.493 e. The van der Waals surface area contributed by atoms with Crippen LogP contribution in [0, 0.1) is 0 Å². The third-order valence-corrected chi connectivity index (χ3v) is 4.31. The molecule has 160 valence electrons. The first-order valence-corrected chi connectivity index (χ1v) is 9.51. The summed E-state index contributed by atoms with van der Waals surface area (Å²) in [6.07, 6.45) is 3.07. The van der Waals surface area contributed by atoms with E-state index in [1.165, 1.54) is 27.4 Å². The van der Waals surface area contributed by atoms with E-state index in [0.717, 1.165) is 5.56 Å². The SMILES string of the molecule is CCOC(=O)CC(NC(=O)/C=C/c1cc(OC)c(OC)c(OC)c1)c1ccccc1. The van der Waals surface area contributed by atoms with Crippen LogP contribution >= 0.6 is 0 Å². The number of rotatable bonds is 10. The summed E-state index contributed by atoms with van der Waals surface area (Å²) in [5.41, 5.74) is 1.52. The first-order chi connectivity index (χ1) is 14.5. The number of hydrogen-bond acceptors (Lipinski definition) is 6. The summed E-state index contributed by atoms with van der Waals surface area (Å²) in [5.74, 6) is 0.727. The Labute approximate surface area is 176 Å². The van der Waals surface area contributed by atoms with Gasteiger partial charge in [-0.3, -0.25) is 9.59 Å². The highest BCUT2D eigenvalue weighted by molar-refractivity contribution is 5.92. The van der Waals surface area contributed by atoms with Crippen molar-refractivity contribution in [2.75, 3.05) is 27.9 Å². The van der Waals surface area contributed by atoms with Crippen LogP contribution < -0.4 is 19.5 Å². The normalized spacial score (nSPS) is 11.6. The van der Waals surface area contributed by atoms with E-state index in [-0.39, 0.29) is 24.9 Å². The van der Waals surface area contributed by atoms with Crippen LogP contribution in [0.4, 0.5) is 0 Å². The smallest absolute Gasteiger partial charge is 0.308 e. The molecule has 1 amide bonds. The zero-order valence-corrected chi connectivity index (χ0v) is 17.6. The fourth-order valence-electron chi connectivity index (χ4n) is 2.91. The molecule has 0 saturated heterocycles. The average Bonchev–Trinajstić information content (AvgIpc) is 2.77. The lowest BCUT2D eigenvalue weighted by Gasteiger charge is -2.17. The number of hydrogen-bond donors (Lipinski definition) is 1. The van der Waals surface area contributed by atoms with Crippen LogP contribution in [0.1, 0.15) is 30.5 Å². The maximum Gasteiger partial charge on any atom is 0.308 e. The van der Waals surface area contributed by atoms with Crippen molar-refractivity contribution in [3.05, 3.63) is 59.7 Å². The van der Waals surface area contributed by atoms with E-state index in [4.69, 9.17) is 18.9 Å². The van der Waals surface area contributed by atoms with Gasteiger partial charge in [0.05, 0.1) is 40.4 Å². The molecule has 2 aromatic carbocycles. The largest absolute Gasteiger partial charge is 0.493 e. The number of esters is 1. The average molecular weight is 413 g/mol. The van der Waals surface area contributed by atoms with Crippen LogP contribution in [0.25, 0.3) is 6.08 Å². The molecule has 0 aliphatic carbocycles. The highest BCUT2D eigenvalue weighted by Crippen LogP contribution is 2.38. The Hall–Kier alpha value is -3.48. The fraction of sp³-hybridized carbons (Fsp3) is 0.304. The molecule has 1 atom stereocenters. The molecule has 2 rings (SSSR count). The molecule has 0 aliphatic rings. The fourth-order valence-corrected chi connectivity index (χ4v) is 2.91. The van der Waals surface area contributed by atoms with Crippen LogP contribution in [-0.2, 0) is 14.3 Å². The molecular formula is C23H27NO6. The second kappa shape index (κ2) is 11.5. The maximum atomic E-state index is 12.5. The van der Waals surface area contributed by atoms with E-state index < -0.39 is 6.04 Å². The summed E-state index contributed by atoms with van der Waals surface area (Å²) in [7, 11) is 4.57. The monoisotopic (exact) mass is 413 g/mol. The maximum absolute atomic E-state index is 12.5. The van der Waals surface area contributed by atoms with Crippen molar-refractivity contribution in [3.8, 4) is 17.2 Å². The Balaban J connectivity index is 2.18. The number of ether oxygens (including phenoxy) is 4. The van der Waals surface area contributed by atoms with Crippen LogP contribution in [0.5, 0.6) is 17.2 Å². The lowest BCUT2D eigenvalue weighted by atomic mass is 10.0. The van der Waals surface area contributed by atoms with Gasteiger partial charge in [-0.25, -0.2) is 0 Å². The molecule has 0 aromatic heterocycles. The lowest BCUT2D eigenvalue weighted by molar-refractivity contribution is -0.143. The molecule has 0 aliphatic heterocycles. The molecule has 1 unspecified atom stereocenters. The van der Waals surface area contributed by atoms with Gasteiger partial charge in [-0.05, 0) is 36.3 Å². The number of carbonyl (C=O) groups is 2. The predicted molar refractivity (Wildman–Crippen MR) is 114 cm³/mol. The molecule has 0 fully saturated rings. The van der Waals surface area contributed by atoms with Gasteiger partial charge in [0.2, 0.25) is 11.7 Å². The van der Waals surface area contributed by atoms with Crippen LogP contribution in [0.15, 0.2) is 48.5 Å². The number of nitrogens with one attached hydrogen (secondary N) is 1. The number of methoxy groups -OCH3 is 3. The molecule has 1 N–H and O–H groups in total. The van der Waals surface area contributed by atoms with E-state index in [1.54, 1.807) is 25.1 Å². The highest BCUT2D eigenvalue weighted by atomic mass is 16.5. The van der Waals surface area contributed by atoms with Gasteiger partial charge in [0, 0.05) is 6.08 Å². The zero-order valence-electron chi connectivity index (χ0n) is 17.6. The van der Waals surface area contributed by atoms with Crippen molar-refractivity contribution in [1.82, 2.24) is 5.32 Å². The Morgan fingerprint density at radius 2 is 1.63 bits per heavy atom. The van der Waals surface area contributed by atoms with Crippen LogP contribution in [-0.4, -0.2) is 39.8 Å². The Morgan fingerprint density at radius 3 is 2.17 bits per heavy atom. The highest BCUT2D eigenvalue weighted by Gasteiger charge is 2.18. The second-order valence-corrected chi connectivity index (χ2v) is 6.27. The van der Waals surface area contributed by atoms with Crippen LogP contribution in [0.2, 0.25) is 0 Å². The molecule has 0 bridgehead atoms. The molecule has 0 heterocycles. The zero-order chi connectivity index (χ0) is 21.9. The third kappa shape index (κ3) is 6.27. The standard InChI is InChI=1S/C23H27NO6/c1-5-30-22(26)15-18(17-9-7-6-8-10-17)24-21(25)12-11-16-13-19(27-2)23(29-4)20(14-16)28-3/h6-14,18H,5,15H2,1-4H3,(H,24,25)/b12-11+. The van der Waals surface area contributed by atoms with E-state index >= 15 is 0 Å². The number of amides is 1. The van der Waals surface area contributed by atoms with Gasteiger partial charge in [-0.15, -0.1) is 0 Å². The van der Waals surface area contributed by atoms with Gasteiger partial charge in [0.15, 0.2) is 11.5 Å². The quantitative estimate of drug-likeness (QED) is 0.474. The lowest BCUT2D eigenvalue weighted by Crippen LogP contribution is -2.29. The molecule has 7 nitrogen and oxygen atoms in total. The van der Waals surface area contributed by atoms with Crippen molar-refractivity contribution < 1.29 is 28.5 Å². The number of benzene rings is 2. The summed E-state index contributed by atoms with van der Waals surface area (Å²) in [6, 6.07) is 12.3. The van der Waals surface area contributed by atoms with Gasteiger partial charge in [0.25, 0.3) is 0 Å². The molecular weight excluding hydrogens is 386 g/mol. The van der Waals surface area contributed by atoms with Gasteiger partial charge in [-0.2, -0.15) is 0 Å². The number of carbonyl (C=O) groups excluding carboxylic acids is 2. The Kier molecular flexibility index (Phi) is 8.75. The molecule has 30 heavy (non-hydrogen) atoms. The van der Waals surface area contributed by atoms with Crippen molar-refractivity contribution in [3.63, 3.8) is 0 Å². The topological polar surface area (TPSA) is 83.1 Å². The first-order valence-electron chi connectivity index (χ1n) is 9.51. The third-order valence-electron chi connectivity index (χ3n) is 4.31. The Morgan fingerprint density at radius 1 is 1.00 bits per heavy atom. The van der Waals surface area contributed by atoms with E-state index in [2.05, 4.69) is 5.32 Å². The van der Waals surface area contributed by atoms with Crippen molar-refractivity contribution in [2.45, 2.75) is 19.4 Å². The predicted octanol–water partition coefficient (Wildman–Crippen LogP) is 3.54. The molecule has 7 heteroatoms. The summed E-state index contributed by atoms with van der Waals surface area (Å²) in [4.78, 5) is 24.5. The summed E-state index contributed by atoms with van der Waals surface area (Å²) in [5, 5.41) is 2.86. The van der Waals surface area contributed by atoms with Gasteiger partial charge in [-0.1, -0.05) is 30.3 Å². The van der Waals surface area contributed by atoms with Gasteiger partial charge < -0.3 is 24.3 Å². The minimum atomic E-state index is -0.498. The van der Waals surface area contributed by atoms with Crippen molar-refractivity contribution in [1.29, 1.82) is 0 Å². The van der Waals surface area contributed by atoms with Crippen LogP contribution in [0.3, 0.4) is 0 Å². The molecule has 2 aromatic rings. The van der Waals surface area contributed by atoms with Crippen molar-refractivity contribution in [2.24, 2.45) is 0 Å². The van der Waals surface area contributed by atoms with Gasteiger partial charge in [0.1, 0.15) is 0 Å². The summed E-state index contributed by atoms with van der Waals surface area (Å²) < 4.78 is 21.0. The van der Waals surface area contributed by atoms with E-state index in [9.17, 15) is 9.59 Å². The molecule has 0 radical (unpaired) electrons. The summed E-state index contributed by atoms with van der Waals surface area (Å²) >= 11 is 0. The minimum absolute atomic E-state index is 0.0433. The molecule has 0 saturated carbocycles. The van der Waals surface area contributed by atoms with Gasteiger partial charge >= 0.3 is 5.97 Å². The first kappa shape index (κ1) is 22.8. The second-order valence-electron chi connectivity index (χ2n) is 6.27. The van der Waals surface area contributed by atoms with E-state index in [0.29, 0.717) is 22.8 Å². The Bertz CT molecular complexity index is 854.